The van der Waals surface area contributed by atoms with E-state index >= 15 is 0 Å². The first-order valence-electron chi connectivity index (χ1n) is 4.96. The van der Waals surface area contributed by atoms with Crippen molar-refractivity contribution in [3.63, 3.8) is 0 Å². The average molecular weight is 299 g/mol. The summed E-state index contributed by atoms with van der Waals surface area (Å²) in [7, 11) is -3.74. The molecular formula is C10H9N3O4S2. The minimum atomic E-state index is -3.74. The van der Waals surface area contributed by atoms with Crippen LogP contribution in [0.2, 0.25) is 0 Å². The van der Waals surface area contributed by atoms with Crippen LogP contribution in [0.1, 0.15) is 9.80 Å². The molecule has 1 aromatic carbocycles. The maximum Gasteiger partial charge on any atom is 0.277 e. The minimum absolute atomic E-state index is 0.0335. The second-order valence-electron chi connectivity index (χ2n) is 3.49. The zero-order valence-corrected chi connectivity index (χ0v) is 11.0. The Morgan fingerprint density at radius 3 is 2.42 bits per heavy atom. The van der Waals surface area contributed by atoms with E-state index in [4.69, 9.17) is 10.9 Å². The van der Waals surface area contributed by atoms with Gasteiger partial charge in [0.05, 0.1) is 16.8 Å². The number of rotatable bonds is 4. The summed E-state index contributed by atoms with van der Waals surface area (Å²) in [4.78, 5) is 14.6. The predicted octanol–water partition coefficient (Wildman–Crippen LogP) is 0.876. The predicted molar refractivity (Wildman–Crippen MR) is 67.9 cm³/mol. The molecule has 0 atom stereocenters. The second kappa shape index (κ2) is 4.96. The number of carbonyl (C=O) groups excluding carboxylic acids is 1. The standard InChI is InChI=1S/C10H9N3O4S2/c11-9(14)10-12-5-8(18-10)19(16,17)7-3-1-6(13-15)2-4-7/h1-5,13,15H,(H2,11,14). The Bertz CT molecular complexity index is 707. The van der Waals surface area contributed by atoms with Crippen LogP contribution in [0.4, 0.5) is 5.69 Å². The molecule has 19 heavy (non-hydrogen) atoms. The Hall–Kier alpha value is -1.97. The van der Waals surface area contributed by atoms with Crippen LogP contribution in [0.3, 0.4) is 0 Å². The highest BCUT2D eigenvalue weighted by atomic mass is 32.2. The number of nitrogens with two attached hydrogens (primary N) is 1. The van der Waals surface area contributed by atoms with E-state index in [9.17, 15) is 13.2 Å². The number of hydrogen-bond acceptors (Lipinski definition) is 7. The molecule has 0 radical (unpaired) electrons. The van der Waals surface area contributed by atoms with Gasteiger partial charge in [0.2, 0.25) is 9.84 Å². The summed E-state index contributed by atoms with van der Waals surface area (Å²) in [6.07, 6.45) is 1.10. The quantitative estimate of drug-likeness (QED) is 0.720. The van der Waals surface area contributed by atoms with Crippen molar-refractivity contribution in [2.24, 2.45) is 5.73 Å². The fourth-order valence-corrected chi connectivity index (χ4v) is 3.71. The number of carbonyl (C=O) groups is 1. The fraction of sp³-hybridized carbons (Fsp3) is 0. The first kappa shape index (κ1) is 13.5. The Morgan fingerprint density at radius 1 is 1.32 bits per heavy atom. The number of hydrogen-bond donors (Lipinski definition) is 3. The first-order chi connectivity index (χ1) is 8.95. The van der Waals surface area contributed by atoms with Crippen LogP contribution in [0.15, 0.2) is 39.6 Å². The van der Waals surface area contributed by atoms with Crippen LogP contribution in [-0.4, -0.2) is 24.5 Å². The van der Waals surface area contributed by atoms with Gasteiger partial charge in [-0.2, -0.15) is 0 Å². The number of thiazole rings is 1. The van der Waals surface area contributed by atoms with Gasteiger partial charge in [-0.25, -0.2) is 13.4 Å². The van der Waals surface area contributed by atoms with E-state index in [1.54, 1.807) is 0 Å². The zero-order valence-electron chi connectivity index (χ0n) is 9.40. The van der Waals surface area contributed by atoms with Crippen molar-refractivity contribution in [1.29, 1.82) is 0 Å². The molecule has 4 N–H and O–H groups in total. The number of anilines is 1. The van der Waals surface area contributed by atoms with E-state index in [2.05, 4.69) is 4.98 Å². The van der Waals surface area contributed by atoms with Gasteiger partial charge >= 0.3 is 0 Å². The van der Waals surface area contributed by atoms with E-state index in [1.807, 2.05) is 5.48 Å². The third kappa shape index (κ3) is 2.57. The van der Waals surface area contributed by atoms with Crippen LogP contribution in [0.25, 0.3) is 0 Å². The molecule has 1 amide bonds. The molecule has 0 saturated carbocycles. The smallest absolute Gasteiger partial charge is 0.277 e. The Kier molecular flexibility index (Phi) is 3.51. The van der Waals surface area contributed by atoms with Gasteiger partial charge in [0.15, 0.2) is 5.01 Å². The van der Waals surface area contributed by atoms with Gasteiger partial charge in [-0.05, 0) is 24.3 Å². The number of nitrogens with zero attached hydrogens (tertiary/aromatic N) is 1. The van der Waals surface area contributed by atoms with Gasteiger partial charge < -0.3 is 5.73 Å². The molecule has 7 nitrogen and oxygen atoms in total. The van der Waals surface area contributed by atoms with E-state index in [-0.39, 0.29) is 14.1 Å². The van der Waals surface area contributed by atoms with Crippen LogP contribution in [0.5, 0.6) is 0 Å². The monoisotopic (exact) mass is 299 g/mol. The van der Waals surface area contributed by atoms with Gasteiger partial charge in [0.1, 0.15) is 4.21 Å². The highest BCUT2D eigenvalue weighted by Crippen LogP contribution is 2.26. The molecular weight excluding hydrogens is 290 g/mol. The number of amides is 1. The average Bonchev–Trinajstić information content (AvgIpc) is 2.89. The number of aromatic nitrogens is 1. The lowest BCUT2D eigenvalue weighted by atomic mass is 10.3. The number of sulfone groups is 1. The van der Waals surface area contributed by atoms with Crippen molar-refractivity contribution in [1.82, 2.24) is 4.98 Å². The van der Waals surface area contributed by atoms with E-state index < -0.39 is 15.7 Å². The highest BCUT2D eigenvalue weighted by Gasteiger charge is 2.22. The molecule has 2 aromatic rings. The van der Waals surface area contributed by atoms with Crippen LogP contribution in [0, 0.1) is 0 Å². The second-order valence-corrected chi connectivity index (χ2v) is 6.70. The molecule has 100 valence electrons. The summed E-state index contributed by atoms with van der Waals surface area (Å²) in [5.74, 6) is -0.772. The molecule has 0 saturated heterocycles. The maximum atomic E-state index is 12.2. The molecule has 0 bridgehead atoms. The van der Waals surface area contributed by atoms with Crippen molar-refractivity contribution in [2.45, 2.75) is 9.10 Å². The molecule has 0 fully saturated rings. The number of nitrogens with one attached hydrogen (secondary N) is 1. The first-order valence-corrected chi connectivity index (χ1v) is 7.26. The summed E-state index contributed by atoms with van der Waals surface area (Å²) in [6, 6.07) is 5.47. The summed E-state index contributed by atoms with van der Waals surface area (Å²) in [6.45, 7) is 0. The van der Waals surface area contributed by atoms with Gasteiger partial charge in [-0.3, -0.25) is 15.5 Å². The lowest BCUT2D eigenvalue weighted by molar-refractivity contribution is 0.1000. The molecule has 9 heteroatoms. The van der Waals surface area contributed by atoms with E-state index in [0.29, 0.717) is 17.0 Å². The van der Waals surface area contributed by atoms with Crippen LogP contribution in [-0.2, 0) is 9.84 Å². The molecule has 0 spiro atoms. The van der Waals surface area contributed by atoms with E-state index in [1.165, 1.54) is 24.3 Å². The SMILES string of the molecule is NC(=O)c1ncc(S(=O)(=O)c2ccc(NO)cc2)s1. The molecule has 1 aromatic heterocycles. The summed E-state index contributed by atoms with van der Waals surface area (Å²) < 4.78 is 24.3. The molecule has 2 rings (SSSR count). The summed E-state index contributed by atoms with van der Waals surface area (Å²) >= 11 is 0.714. The van der Waals surface area contributed by atoms with Crippen molar-refractivity contribution in [2.75, 3.05) is 5.48 Å². The van der Waals surface area contributed by atoms with Gasteiger partial charge in [-0.15, -0.1) is 0 Å². The van der Waals surface area contributed by atoms with Gasteiger partial charge in [-0.1, -0.05) is 11.3 Å². The third-order valence-corrected chi connectivity index (χ3v) is 5.50. The zero-order chi connectivity index (χ0) is 14.0. The number of primary amides is 1. The minimum Gasteiger partial charge on any atom is -0.364 e. The topological polar surface area (TPSA) is 122 Å². The van der Waals surface area contributed by atoms with Crippen molar-refractivity contribution >= 4 is 32.8 Å². The molecule has 0 aliphatic heterocycles. The fourth-order valence-electron chi connectivity index (χ4n) is 1.32. The van der Waals surface area contributed by atoms with Crippen molar-refractivity contribution in [3.8, 4) is 0 Å². The summed E-state index contributed by atoms with van der Waals surface area (Å²) in [5, 5.41) is 8.59. The molecule has 0 aliphatic rings. The lowest BCUT2D eigenvalue weighted by Crippen LogP contribution is -2.09. The van der Waals surface area contributed by atoms with Crippen LogP contribution < -0.4 is 11.2 Å². The normalized spacial score (nSPS) is 11.2. The van der Waals surface area contributed by atoms with Crippen LogP contribution >= 0.6 is 11.3 Å². The van der Waals surface area contributed by atoms with Crippen molar-refractivity contribution < 1.29 is 18.4 Å². The van der Waals surface area contributed by atoms with Gasteiger partial charge in [0, 0.05) is 0 Å². The number of benzene rings is 1. The van der Waals surface area contributed by atoms with E-state index in [0.717, 1.165) is 6.20 Å². The summed E-state index contributed by atoms with van der Waals surface area (Å²) in [5.41, 5.74) is 7.29. The van der Waals surface area contributed by atoms with Crippen molar-refractivity contribution in [3.05, 3.63) is 35.5 Å². The molecule has 0 aliphatic carbocycles. The largest absolute Gasteiger partial charge is 0.364 e. The molecule has 0 unspecified atom stereocenters. The lowest BCUT2D eigenvalue weighted by Gasteiger charge is -2.02. The Labute approximate surface area is 112 Å². The third-order valence-electron chi connectivity index (χ3n) is 2.25. The highest BCUT2D eigenvalue weighted by molar-refractivity contribution is 7.93. The Balaban J connectivity index is 2.42. The molecule has 1 heterocycles. The van der Waals surface area contributed by atoms with Gasteiger partial charge in [0.25, 0.3) is 5.91 Å². The maximum absolute atomic E-state index is 12.2. The Morgan fingerprint density at radius 2 is 1.95 bits per heavy atom.